The van der Waals surface area contributed by atoms with E-state index >= 15 is 0 Å². The summed E-state index contributed by atoms with van der Waals surface area (Å²) >= 11 is 3.17. The van der Waals surface area contributed by atoms with E-state index in [0.29, 0.717) is 15.8 Å². The zero-order chi connectivity index (χ0) is 14.0. The molecule has 0 aliphatic carbocycles. The standard InChI is InChI=1S/C15H12BrFO2/c1-9-3-6-14(19-2)12(7-9)15(18)11-5-4-10(16)8-13(11)17/h3-8H,1-2H3. The molecule has 0 radical (unpaired) electrons. The van der Waals surface area contributed by atoms with Crippen molar-refractivity contribution in [1.82, 2.24) is 0 Å². The second-order valence-electron chi connectivity index (χ2n) is 4.16. The number of methoxy groups -OCH3 is 1. The summed E-state index contributed by atoms with van der Waals surface area (Å²) < 4.78 is 19.6. The molecule has 0 bridgehead atoms. The minimum Gasteiger partial charge on any atom is -0.496 e. The minimum atomic E-state index is -0.553. The molecule has 0 spiro atoms. The van der Waals surface area contributed by atoms with Crippen molar-refractivity contribution in [1.29, 1.82) is 0 Å². The van der Waals surface area contributed by atoms with E-state index in [9.17, 15) is 9.18 Å². The van der Waals surface area contributed by atoms with E-state index in [4.69, 9.17) is 4.74 Å². The molecule has 0 heterocycles. The summed E-state index contributed by atoms with van der Waals surface area (Å²) in [6.07, 6.45) is 0. The number of carbonyl (C=O) groups excluding carboxylic acids is 1. The first-order valence-corrected chi connectivity index (χ1v) is 6.46. The topological polar surface area (TPSA) is 26.3 Å². The van der Waals surface area contributed by atoms with Crippen LogP contribution in [-0.4, -0.2) is 12.9 Å². The summed E-state index contributed by atoms with van der Waals surface area (Å²) in [6.45, 7) is 1.87. The maximum Gasteiger partial charge on any atom is 0.199 e. The quantitative estimate of drug-likeness (QED) is 0.794. The first-order chi connectivity index (χ1) is 9.02. The first-order valence-electron chi connectivity index (χ1n) is 5.67. The van der Waals surface area contributed by atoms with Crippen LogP contribution in [0.2, 0.25) is 0 Å². The maximum atomic E-state index is 13.8. The highest BCUT2D eigenvalue weighted by Gasteiger charge is 2.18. The van der Waals surface area contributed by atoms with Crippen LogP contribution in [0, 0.1) is 12.7 Å². The Morgan fingerprint density at radius 3 is 2.53 bits per heavy atom. The predicted molar refractivity (Wildman–Crippen MR) is 75.3 cm³/mol. The van der Waals surface area contributed by atoms with Gasteiger partial charge < -0.3 is 4.74 Å². The van der Waals surface area contributed by atoms with Gasteiger partial charge in [0.2, 0.25) is 0 Å². The van der Waals surface area contributed by atoms with Crippen LogP contribution in [0.5, 0.6) is 5.75 Å². The second kappa shape index (κ2) is 5.53. The molecule has 2 rings (SSSR count). The molecule has 2 aromatic rings. The molecule has 0 unspecified atom stereocenters. The van der Waals surface area contributed by atoms with E-state index < -0.39 is 5.82 Å². The largest absolute Gasteiger partial charge is 0.496 e. The lowest BCUT2D eigenvalue weighted by Crippen LogP contribution is -2.06. The normalized spacial score (nSPS) is 10.3. The number of ketones is 1. The number of halogens is 2. The van der Waals surface area contributed by atoms with E-state index in [1.54, 1.807) is 18.2 Å². The van der Waals surface area contributed by atoms with Gasteiger partial charge in [0.25, 0.3) is 0 Å². The Balaban J connectivity index is 2.52. The highest BCUT2D eigenvalue weighted by molar-refractivity contribution is 9.10. The van der Waals surface area contributed by atoms with Gasteiger partial charge in [-0.15, -0.1) is 0 Å². The summed E-state index contributed by atoms with van der Waals surface area (Å²) in [5.74, 6) is -0.494. The average molecular weight is 323 g/mol. The van der Waals surface area contributed by atoms with Gasteiger partial charge in [-0.25, -0.2) is 4.39 Å². The van der Waals surface area contributed by atoms with Crippen molar-refractivity contribution < 1.29 is 13.9 Å². The van der Waals surface area contributed by atoms with Crippen molar-refractivity contribution in [2.75, 3.05) is 7.11 Å². The van der Waals surface area contributed by atoms with Gasteiger partial charge in [-0.2, -0.15) is 0 Å². The molecule has 0 N–H and O–H groups in total. The number of rotatable bonds is 3. The Hall–Kier alpha value is -1.68. The third-order valence-corrected chi connectivity index (χ3v) is 3.27. The van der Waals surface area contributed by atoms with Gasteiger partial charge in [0.15, 0.2) is 5.78 Å². The van der Waals surface area contributed by atoms with Crippen LogP contribution in [0.15, 0.2) is 40.9 Å². The molecule has 2 nitrogen and oxygen atoms in total. The monoisotopic (exact) mass is 322 g/mol. The zero-order valence-electron chi connectivity index (χ0n) is 10.5. The number of ether oxygens (including phenoxy) is 1. The SMILES string of the molecule is COc1ccc(C)cc1C(=O)c1ccc(Br)cc1F. The van der Waals surface area contributed by atoms with Crippen LogP contribution in [-0.2, 0) is 0 Å². The molecule has 2 aromatic carbocycles. The van der Waals surface area contributed by atoms with E-state index in [2.05, 4.69) is 15.9 Å². The molecule has 98 valence electrons. The van der Waals surface area contributed by atoms with Crippen LogP contribution < -0.4 is 4.74 Å². The van der Waals surface area contributed by atoms with Crippen LogP contribution in [0.25, 0.3) is 0 Å². The van der Waals surface area contributed by atoms with Crippen molar-refractivity contribution in [2.45, 2.75) is 6.92 Å². The van der Waals surface area contributed by atoms with Gasteiger partial charge in [-0.3, -0.25) is 4.79 Å². The molecule has 0 atom stereocenters. The smallest absolute Gasteiger partial charge is 0.199 e. The number of carbonyl (C=O) groups is 1. The van der Waals surface area contributed by atoms with E-state index in [-0.39, 0.29) is 11.3 Å². The molecule has 4 heteroatoms. The summed E-state index contributed by atoms with van der Waals surface area (Å²) in [7, 11) is 1.49. The number of benzene rings is 2. The Morgan fingerprint density at radius 1 is 1.16 bits per heavy atom. The fraction of sp³-hybridized carbons (Fsp3) is 0.133. The van der Waals surface area contributed by atoms with Crippen molar-refractivity contribution in [3.8, 4) is 5.75 Å². The molecule has 19 heavy (non-hydrogen) atoms. The van der Waals surface area contributed by atoms with E-state index in [1.807, 2.05) is 13.0 Å². The third kappa shape index (κ3) is 2.84. The molecule has 0 saturated heterocycles. The van der Waals surface area contributed by atoms with Gasteiger partial charge in [0.05, 0.1) is 18.2 Å². The second-order valence-corrected chi connectivity index (χ2v) is 5.07. The van der Waals surface area contributed by atoms with E-state index in [1.165, 1.54) is 19.2 Å². The molecule has 0 fully saturated rings. The van der Waals surface area contributed by atoms with E-state index in [0.717, 1.165) is 5.56 Å². The number of hydrogen-bond acceptors (Lipinski definition) is 2. The van der Waals surface area contributed by atoms with Crippen LogP contribution in [0.1, 0.15) is 21.5 Å². The number of hydrogen-bond donors (Lipinski definition) is 0. The molecule has 0 saturated carbocycles. The van der Waals surface area contributed by atoms with Crippen LogP contribution in [0.3, 0.4) is 0 Å². The highest BCUT2D eigenvalue weighted by Crippen LogP contribution is 2.25. The molecule has 0 aliphatic rings. The van der Waals surface area contributed by atoms with Crippen LogP contribution >= 0.6 is 15.9 Å². The van der Waals surface area contributed by atoms with Crippen molar-refractivity contribution in [3.05, 3.63) is 63.4 Å². The van der Waals surface area contributed by atoms with Crippen molar-refractivity contribution >= 4 is 21.7 Å². The lowest BCUT2D eigenvalue weighted by Gasteiger charge is -2.09. The fourth-order valence-electron chi connectivity index (χ4n) is 1.82. The van der Waals surface area contributed by atoms with Gasteiger partial charge in [0, 0.05) is 4.47 Å². The summed E-state index contributed by atoms with van der Waals surface area (Å²) in [5.41, 5.74) is 1.32. The molecular weight excluding hydrogens is 311 g/mol. The minimum absolute atomic E-state index is 0.0344. The molecule has 0 amide bonds. The van der Waals surface area contributed by atoms with Gasteiger partial charge >= 0.3 is 0 Å². The van der Waals surface area contributed by atoms with Gasteiger partial charge in [0.1, 0.15) is 11.6 Å². The molecule has 0 aromatic heterocycles. The van der Waals surface area contributed by atoms with Gasteiger partial charge in [-0.05, 0) is 37.3 Å². The highest BCUT2D eigenvalue weighted by atomic mass is 79.9. The fourth-order valence-corrected chi connectivity index (χ4v) is 2.15. The zero-order valence-corrected chi connectivity index (χ0v) is 12.1. The maximum absolute atomic E-state index is 13.8. The van der Waals surface area contributed by atoms with Gasteiger partial charge in [-0.1, -0.05) is 27.6 Å². The Bertz CT molecular complexity index is 638. The Morgan fingerprint density at radius 2 is 1.89 bits per heavy atom. The van der Waals surface area contributed by atoms with Crippen molar-refractivity contribution in [2.24, 2.45) is 0 Å². The molecule has 0 aliphatic heterocycles. The Labute approximate surface area is 119 Å². The Kier molecular flexibility index (Phi) is 4.00. The predicted octanol–water partition coefficient (Wildman–Crippen LogP) is 4.14. The van der Waals surface area contributed by atoms with Crippen molar-refractivity contribution in [3.63, 3.8) is 0 Å². The lowest BCUT2D eigenvalue weighted by molar-refractivity contribution is 0.103. The first kappa shape index (κ1) is 13.7. The summed E-state index contributed by atoms with van der Waals surface area (Å²) in [4.78, 5) is 12.4. The average Bonchev–Trinajstić information content (AvgIpc) is 2.38. The lowest BCUT2D eigenvalue weighted by atomic mass is 10.0. The number of aryl methyl sites for hydroxylation is 1. The summed E-state index contributed by atoms with van der Waals surface area (Å²) in [5, 5.41) is 0. The summed E-state index contributed by atoms with van der Waals surface area (Å²) in [6, 6.07) is 9.62. The van der Waals surface area contributed by atoms with Crippen LogP contribution in [0.4, 0.5) is 4.39 Å². The molecular formula is C15H12BrFO2. The third-order valence-electron chi connectivity index (χ3n) is 2.78.